The van der Waals surface area contributed by atoms with Gasteiger partial charge in [-0.25, -0.2) is 4.90 Å². The lowest BCUT2D eigenvalue weighted by molar-refractivity contribution is -0.124. The normalized spacial score (nSPS) is 33.7. The maximum Gasteiger partial charge on any atom is 0.238 e. The number of hydrogen-bond donors (Lipinski definition) is 0. The number of nitrogens with zero attached hydrogens (tertiary/aromatic N) is 1. The van der Waals surface area contributed by atoms with Gasteiger partial charge in [-0.05, 0) is 55.7 Å². The fourth-order valence-electron chi connectivity index (χ4n) is 4.27. The highest BCUT2D eigenvalue weighted by molar-refractivity contribution is 6.22. The van der Waals surface area contributed by atoms with E-state index in [-0.39, 0.29) is 35.5 Å². The summed E-state index contributed by atoms with van der Waals surface area (Å²) in [5.74, 6) is 0.288. The molecule has 1 aromatic carbocycles. The lowest BCUT2D eigenvalue weighted by atomic mass is 9.63. The van der Waals surface area contributed by atoms with E-state index in [1.165, 1.54) is 4.90 Å². The van der Waals surface area contributed by atoms with E-state index in [0.717, 1.165) is 29.7 Å². The number of amides is 2. The first-order chi connectivity index (χ1) is 10.1. The Bertz CT molecular complexity index is 644. The van der Waals surface area contributed by atoms with E-state index in [2.05, 4.69) is 12.2 Å². The summed E-state index contributed by atoms with van der Waals surface area (Å²) in [6.45, 7) is 3.95. The second kappa shape index (κ2) is 4.30. The number of anilines is 1. The molecule has 0 unspecified atom stereocenters. The zero-order valence-corrected chi connectivity index (χ0v) is 12.4. The van der Waals surface area contributed by atoms with Crippen LogP contribution in [0.1, 0.15) is 24.0 Å². The summed E-state index contributed by atoms with van der Waals surface area (Å²) in [6, 6.07) is 5.96. The molecular formula is C18H19NO2. The molecule has 1 saturated carbocycles. The second-order valence-electron chi connectivity index (χ2n) is 6.64. The molecule has 1 heterocycles. The van der Waals surface area contributed by atoms with Gasteiger partial charge in [-0.1, -0.05) is 24.3 Å². The molecule has 0 N–H and O–H groups in total. The van der Waals surface area contributed by atoms with Gasteiger partial charge >= 0.3 is 0 Å². The van der Waals surface area contributed by atoms with Gasteiger partial charge in [0.25, 0.3) is 0 Å². The number of hydrogen-bond acceptors (Lipinski definition) is 2. The largest absolute Gasteiger partial charge is 0.274 e. The van der Waals surface area contributed by atoms with E-state index >= 15 is 0 Å². The number of allylic oxidation sites excluding steroid dienone is 2. The van der Waals surface area contributed by atoms with Crippen molar-refractivity contribution in [2.75, 3.05) is 4.90 Å². The Hall–Kier alpha value is -1.90. The minimum Gasteiger partial charge on any atom is -0.274 e. The van der Waals surface area contributed by atoms with Crippen molar-refractivity contribution < 1.29 is 9.59 Å². The van der Waals surface area contributed by atoms with E-state index in [9.17, 15) is 9.59 Å². The molecular weight excluding hydrogens is 262 g/mol. The van der Waals surface area contributed by atoms with Gasteiger partial charge < -0.3 is 0 Å². The monoisotopic (exact) mass is 281 g/mol. The third kappa shape index (κ3) is 1.66. The van der Waals surface area contributed by atoms with Gasteiger partial charge in [0, 0.05) is 0 Å². The van der Waals surface area contributed by atoms with Crippen molar-refractivity contribution in [2.45, 2.75) is 26.7 Å². The van der Waals surface area contributed by atoms with E-state index in [0.29, 0.717) is 0 Å². The molecule has 0 radical (unpaired) electrons. The van der Waals surface area contributed by atoms with Crippen molar-refractivity contribution in [3.8, 4) is 0 Å². The van der Waals surface area contributed by atoms with E-state index in [1.54, 1.807) is 0 Å². The van der Waals surface area contributed by atoms with Crippen molar-refractivity contribution in [2.24, 2.45) is 23.7 Å². The number of aryl methyl sites for hydroxylation is 2. The van der Waals surface area contributed by atoms with Crippen molar-refractivity contribution in [1.29, 1.82) is 0 Å². The summed E-state index contributed by atoms with van der Waals surface area (Å²) >= 11 is 0. The van der Waals surface area contributed by atoms with Crippen LogP contribution < -0.4 is 4.90 Å². The minimum absolute atomic E-state index is 0.0118. The lowest BCUT2D eigenvalue weighted by Gasteiger charge is -2.38. The molecule has 2 fully saturated rings. The van der Waals surface area contributed by atoms with Crippen LogP contribution in [0.4, 0.5) is 5.69 Å². The van der Waals surface area contributed by atoms with Crippen LogP contribution in [0.15, 0.2) is 30.4 Å². The van der Waals surface area contributed by atoms with Gasteiger partial charge in [0.15, 0.2) is 0 Å². The Morgan fingerprint density at radius 3 is 2.05 bits per heavy atom. The lowest BCUT2D eigenvalue weighted by Crippen LogP contribution is -2.38. The maximum absolute atomic E-state index is 12.9. The highest BCUT2D eigenvalue weighted by atomic mass is 16.2. The van der Waals surface area contributed by atoms with Gasteiger partial charge in [-0.2, -0.15) is 0 Å². The first kappa shape index (κ1) is 12.8. The molecule has 3 aliphatic carbocycles. The van der Waals surface area contributed by atoms with Gasteiger partial charge in [0.05, 0.1) is 17.5 Å². The Morgan fingerprint density at radius 2 is 1.52 bits per heavy atom. The van der Waals surface area contributed by atoms with Gasteiger partial charge in [-0.3, -0.25) is 9.59 Å². The predicted octanol–water partition coefficient (Wildman–Crippen LogP) is 3.01. The summed E-state index contributed by atoms with van der Waals surface area (Å²) < 4.78 is 0. The molecule has 0 aromatic heterocycles. The Balaban J connectivity index is 1.80. The maximum atomic E-state index is 12.9. The summed E-state index contributed by atoms with van der Waals surface area (Å²) in [4.78, 5) is 27.2. The van der Waals surface area contributed by atoms with Crippen LogP contribution in [0.5, 0.6) is 0 Å². The van der Waals surface area contributed by atoms with Gasteiger partial charge in [-0.15, -0.1) is 0 Å². The molecule has 2 amide bonds. The smallest absolute Gasteiger partial charge is 0.238 e. The number of benzene rings is 1. The quantitative estimate of drug-likeness (QED) is 0.586. The number of rotatable bonds is 1. The predicted molar refractivity (Wildman–Crippen MR) is 80.7 cm³/mol. The van der Waals surface area contributed by atoms with E-state index in [1.807, 2.05) is 32.0 Å². The van der Waals surface area contributed by atoms with Crippen molar-refractivity contribution >= 4 is 17.5 Å². The molecule has 0 spiro atoms. The molecule has 2 bridgehead atoms. The third-order valence-corrected chi connectivity index (χ3v) is 5.36. The molecule has 1 aromatic rings. The molecule has 3 heteroatoms. The summed E-state index contributed by atoms with van der Waals surface area (Å²) in [5, 5.41) is 0. The highest BCUT2D eigenvalue weighted by Gasteiger charge is 2.57. The van der Waals surface area contributed by atoms with Crippen LogP contribution in [-0.4, -0.2) is 11.8 Å². The van der Waals surface area contributed by atoms with Crippen LogP contribution in [0.25, 0.3) is 0 Å². The van der Waals surface area contributed by atoms with Crippen LogP contribution >= 0.6 is 0 Å². The molecule has 1 aliphatic heterocycles. The van der Waals surface area contributed by atoms with Gasteiger partial charge in [0.1, 0.15) is 0 Å². The third-order valence-electron chi connectivity index (χ3n) is 5.36. The first-order valence-corrected chi connectivity index (χ1v) is 7.71. The Morgan fingerprint density at radius 1 is 0.952 bits per heavy atom. The fraction of sp³-hybridized carbons (Fsp3) is 0.444. The van der Waals surface area contributed by atoms with E-state index < -0.39 is 0 Å². The Labute approximate surface area is 124 Å². The van der Waals surface area contributed by atoms with Crippen molar-refractivity contribution in [1.82, 2.24) is 0 Å². The van der Waals surface area contributed by atoms with Crippen LogP contribution in [-0.2, 0) is 9.59 Å². The standard InChI is InChI=1S/C18H19NO2/c1-10-3-4-11(2)14(9-10)19-17(20)15-12-5-6-13(8-7-12)16(15)18(19)21/h3-6,9,12-13,15-16H,7-8H2,1-2H3/t12-,13-,15+,16+/m0/s1. The zero-order valence-electron chi connectivity index (χ0n) is 12.4. The minimum atomic E-state index is -0.124. The zero-order chi connectivity index (χ0) is 14.7. The molecule has 108 valence electrons. The molecule has 5 rings (SSSR count). The van der Waals surface area contributed by atoms with Crippen LogP contribution in [0, 0.1) is 37.5 Å². The SMILES string of the molecule is Cc1ccc(C)c(N2C(=O)[C@H]3[C@H](C2=O)[C@H]2C=C[C@H]3CC2)c1. The van der Waals surface area contributed by atoms with Crippen LogP contribution in [0.2, 0.25) is 0 Å². The van der Waals surface area contributed by atoms with Crippen molar-refractivity contribution in [3.05, 3.63) is 41.5 Å². The summed E-state index contributed by atoms with van der Waals surface area (Å²) in [5.41, 5.74) is 2.84. The Kier molecular flexibility index (Phi) is 2.62. The van der Waals surface area contributed by atoms with Crippen molar-refractivity contribution in [3.63, 3.8) is 0 Å². The fourth-order valence-corrected chi connectivity index (χ4v) is 4.27. The molecule has 21 heavy (non-hydrogen) atoms. The number of carbonyl (C=O) groups excluding carboxylic acids is 2. The topological polar surface area (TPSA) is 37.4 Å². The van der Waals surface area contributed by atoms with Crippen LogP contribution in [0.3, 0.4) is 0 Å². The average molecular weight is 281 g/mol. The molecule has 4 atom stereocenters. The number of imide groups is 1. The number of carbonyl (C=O) groups is 2. The molecule has 3 nitrogen and oxygen atoms in total. The summed E-state index contributed by atoms with van der Waals surface area (Å²) in [6.07, 6.45) is 6.41. The molecule has 1 saturated heterocycles. The average Bonchev–Trinajstić information content (AvgIpc) is 2.77. The second-order valence-corrected chi connectivity index (χ2v) is 6.64. The number of fused-ring (bicyclic) bond motifs is 1. The summed E-state index contributed by atoms with van der Waals surface area (Å²) in [7, 11) is 0. The first-order valence-electron chi connectivity index (χ1n) is 7.71. The molecule has 4 aliphatic rings. The van der Waals surface area contributed by atoms with Gasteiger partial charge in [0.2, 0.25) is 11.8 Å². The van der Waals surface area contributed by atoms with E-state index in [4.69, 9.17) is 0 Å². The highest BCUT2D eigenvalue weighted by Crippen LogP contribution is 2.50.